The summed E-state index contributed by atoms with van der Waals surface area (Å²) in [6.45, 7) is 5.45. The second-order valence-corrected chi connectivity index (χ2v) is 4.58. The quantitative estimate of drug-likeness (QED) is 0.757. The first kappa shape index (κ1) is 16.2. The van der Waals surface area contributed by atoms with E-state index in [1.165, 1.54) is 0 Å². The Morgan fingerprint density at radius 3 is 2.29 bits per heavy atom. The Morgan fingerprint density at radius 2 is 1.82 bits per heavy atom. The summed E-state index contributed by atoms with van der Waals surface area (Å²) in [6.07, 6.45) is 2.12. The number of nitrogens with zero attached hydrogens (tertiary/aromatic N) is 1. The topological polar surface area (TPSA) is 75.4 Å². The number of carbonyl (C=O) groups is 2. The molecule has 1 aliphatic heterocycles. The fraction of sp³-hybridized carbons (Fsp3) is 0.818. The van der Waals surface area contributed by atoms with Gasteiger partial charge in [0.1, 0.15) is 0 Å². The molecule has 0 spiro atoms. The molecule has 0 bridgehead atoms. The summed E-state index contributed by atoms with van der Waals surface area (Å²) in [5, 5.41) is 2.59. The van der Waals surface area contributed by atoms with Gasteiger partial charge in [0.15, 0.2) is 0 Å². The number of amides is 2. The van der Waals surface area contributed by atoms with Crippen molar-refractivity contribution in [1.29, 1.82) is 0 Å². The van der Waals surface area contributed by atoms with Crippen LogP contribution in [-0.2, 0) is 9.59 Å². The molecule has 17 heavy (non-hydrogen) atoms. The van der Waals surface area contributed by atoms with Crippen LogP contribution in [-0.4, -0.2) is 42.4 Å². The Morgan fingerprint density at radius 1 is 1.29 bits per heavy atom. The molecule has 0 aromatic heterocycles. The number of hydrogen-bond acceptors (Lipinski definition) is 3. The molecule has 2 amide bonds. The molecule has 0 aromatic carbocycles. The van der Waals surface area contributed by atoms with Crippen LogP contribution >= 0.6 is 12.4 Å². The monoisotopic (exact) mass is 263 g/mol. The van der Waals surface area contributed by atoms with E-state index < -0.39 is 6.04 Å². The lowest BCUT2D eigenvalue weighted by Crippen LogP contribution is -2.47. The SMILES string of the molecule is CC(C)C(N)C(=O)NCC(=O)N1CCCC1.Cl. The molecular formula is C11H22ClN3O2. The summed E-state index contributed by atoms with van der Waals surface area (Å²) in [4.78, 5) is 24.9. The smallest absolute Gasteiger partial charge is 0.241 e. The standard InChI is InChI=1S/C11H21N3O2.ClH/c1-8(2)10(12)11(16)13-7-9(15)14-5-3-4-6-14;/h8,10H,3-7,12H2,1-2H3,(H,13,16);1H. The Balaban J connectivity index is 0.00000256. The van der Waals surface area contributed by atoms with E-state index in [1.54, 1.807) is 4.90 Å². The molecule has 6 heteroatoms. The van der Waals surface area contributed by atoms with Crippen LogP contribution in [0.15, 0.2) is 0 Å². The molecule has 1 rings (SSSR count). The number of likely N-dealkylation sites (tertiary alicyclic amines) is 1. The van der Waals surface area contributed by atoms with Crippen molar-refractivity contribution in [3.63, 3.8) is 0 Å². The number of hydrogen-bond donors (Lipinski definition) is 2. The molecule has 0 radical (unpaired) electrons. The Hall–Kier alpha value is -0.810. The first-order chi connectivity index (χ1) is 7.52. The van der Waals surface area contributed by atoms with Crippen LogP contribution in [0.5, 0.6) is 0 Å². The van der Waals surface area contributed by atoms with Gasteiger partial charge >= 0.3 is 0 Å². The molecule has 0 aromatic rings. The highest BCUT2D eigenvalue weighted by Gasteiger charge is 2.21. The van der Waals surface area contributed by atoms with Crippen molar-refractivity contribution in [3.05, 3.63) is 0 Å². The summed E-state index contributed by atoms with van der Waals surface area (Å²) in [7, 11) is 0. The van der Waals surface area contributed by atoms with Gasteiger partial charge in [0.05, 0.1) is 12.6 Å². The zero-order valence-corrected chi connectivity index (χ0v) is 11.3. The van der Waals surface area contributed by atoms with Crippen LogP contribution in [0.2, 0.25) is 0 Å². The summed E-state index contributed by atoms with van der Waals surface area (Å²) < 4.78 is 0. The molecule has 1 fully saturated rings. The second kappa shape index (κ2) is 7.50. The van der Waals surface area contributed by atoms with Crippen molar-refractivity contribution < 1.29 is 9.59 Å². The fourth-order valence-electron chi connectivity index (χ4n) is 1.66. The molecule has 0 aliphatic carbocycles. The van der Waals surface area contributed by atoms with Crippen molar-refractivity contribution in [3.8, 4) is 0 Å². The molecule has 1 heterocycles. The molecule has 5 nitrogen and oxygen atoms in total. The van der Waals surface area contributed by atoms with Gasteiger partial charge in [0, 0.05) is 13.1 Å². The van der Waals surface area contributed by atoms with E-state index in [-0.39, 0.29) is 36.7 Å². The second-order valence-electron chi connectivity index (χ2n) is 4.58. The molecular weight excluding hydrogens is 242 g/mol. The first-order valence-corrected chi connectivity index (χ1v) is 5.83. The molecule has 1 aliphatic rings. The van der Waals surface area contributed by atoms with Crippen LogP contribution in [0.3, 0.4) is 0 Å². The Bertz CT molecular complexity index is 251. The van der Waals surface area contributed by atoms with E-state index in [4.69, 9.17) is 5.73 Å². The van der Waals surface area contributed by atoms with Crippen molar-refractivity contribution in [2.45, 2.75) is 32.7 Å². The first-order valence-electron chi connectivity index (χ1n) is 5.83. The summed E-state index contributed by atoms with van der Waals surface area (Å²) in [5.74, 6) is -0.175. The lowest BCUT2D eigenvalue weighted by molar-refractivity contribution is -0.132. The summed E-state index contributed by atoms with van der Waals surface area (Å²) >= 11 is 0. The minimum Gasteiger partial charge on any atom is -0.346 e. The van der Waals surface area contributed by atoms with Crippen molar-refractivity contribution in [1.82, 2.24) is 10.2 Å². The normalized spacial score (nSPS) is 16.6. The highest BCUT2D eigenvalue weighted by atomic mass is 35.5. The van der Waals surface area contributed by atoms with E-state index in [0.717, 1.165) is 25.9 Å². The third kappa shape index (κ3) is 4.91. The summed E-state index contributed by atoms with van der Waals surface area (Å²) in [6, 6.07) is -0.536. The largest absolute Gasteiger partial charge is 0.346 e. The maximum Gasteiger partial charge on any atom is 0.241 e. The van der Waals surface area contributed by atoms with Crippen molar-refractivity contribution >= 4 is 24.2 Å². The average Bonchev–Trinajstić information content (AvgIpc) is 2.77. The van der Waals surface area contributed by atoms with Gasteiger partial charge in [-0.15, -0.1) is 12.4 Å². The number of nitrogens with two attached hydrogens (primary N) is 1. The predicted octanol–water partition coefficient (Wildman–Crippen LogP) is 0.130. The van der Waals surface area contributed by atoms with Crippen LogP contribution in [0.25, 0.3) is 0 Å². The number of carbonyl (C=O) groups excluding carboxylic acids is 2. The van der Waals surface area contributed by atoms with E-state index in [2.05, 4.69) is 5.32 Å². The van der Waals surface area contributed by atoms with Crippen molar-refractivity contribution in [2.24, 2.45) is 11.7 Å². The van der Waals surface area contributed by atoms with Crippen LogP contribution in [0.4, 0.5) is 0 Å². The molecule has 100 valence electrons. The molecule has 0 saturated carbocycles. The lowest BCUT2D eigenvalue weighted by atomic mass is 10.1. The van der Waals surface area contributed by atoms with Gasteiger partial charge in [0.25, 0.3) is 0 Å². The minimum atomic E-state index is -0.536. The van der Waals surface area contributed by atoms with Gasteiger partial charge in [-0.25, -0.2) is 0 Å². The van der Waals surface area contributed by atoms with E-state index in [9.17, 15) is 9.59 Å². The Kier molecular flexibility index (Phi) is 7.15. The highest BCUT2D eigenvalue weighted by Crippen LogP contribution is 2.06. The molecule has 1 atom stereocenters. The van der Waals surface area contributed by atoms with Gasteiger partial charge in [-0.1, -0.05) is 13.8 Å². The van der Waals surface area contributed by atoms with Gasteiger partial charge in [-0.3, -0.25) is 9.59 Å². The molecule has 3 N–H and O–H groups in total. The zero-order valence-electron chi connectivity index (χ0n) is 10.4. The zero-order chi connectivity index (χ0) is 12.1. The van der Waals surface area contributed by atoms with Gasteiger partial charge in [-0.2, -0.15) is 0 Å². The third-order valence-corrected chi connectivity index (χ3v) is 2.89. The summed E-state index contributed by atoms with van der Waals surface area (Å²) in [5.41, 5.74) is 5.66. The van der Waals surface area contributed by atoms with Crippen molar-refractivity contribution in [2.75, 3.05) is 19.6 Å². The third-order valence-electron chi connectivity index (χ3n) is 2.89. The van der Waals surface area contributed by atoms with Crippen LogP contribution in [0, 0.1) is 5.92 Å². The molecule has 1 unspecified atom stereocenters. The highest BCUT2D eigenvalue weighted by molar-refractivity contribution is 5.87. The fourth-order valence-corrected chi connectivity index (χ4v) is 1.66. The van der Waals surface area contributed by atoms with E-state index in [1.807, 2.05) is 13.8 Å². The maximum absolute atomic E-state index is 11.6. The number of nitrogens with one attached hydrogen (secondary N) is 1. The molecule has 1 saturated heterocycles. The predicted molar refractivity (Wildman–Crippen MR) is 68.9 cm³/mol. The van der Waals surface area contributed by atoms with Crippen LogP contribution in [0.1, 0.15) is 26.7 Å². The van der Waals surface area contributed by atoms with Gasteiger partial charge in [-0.05, 0) is 18.8 Å². The van der Waals surface area contributed by atoms with Crippen LogP contribution < -0.4 is 11.1 Å². The van der Waals surface area contributed by atoms with E-state index >= 15 is 0 Å². The number of halogens is 1. The van der Waals surface area contributed by atoms with Gasteiger partial charge < -0.3 is 16.0 Å². The van der Waals surface area contributed by atoms with E-state index in [0.29, 0.717) is 0 Å². The average molecular weight is 264 g/mol. The number of rotatable bonds is 4. The minimum absolute atomic E-state index is 0. The maximum atomic E-state index is 11.6. The Labute approximate surface area is 109 Å². The van der Waals surface area contributed by atoms with Gasteiger partial charge in [0.2, 0.25) is 11.8 Å². The lowest BCUT2D eigenvalue weighted by Gasteiger charge is -2.18.